The molecule has 1 saturated heterocycles. The van der Waals surface area contributed by atoms with Crippen LogP contribution >= 0.6 is 23.5 Å². The van der Waals surface area contributed by atoms with Gasteiger partial charge in [0, 0.05) is 0 Å². The molecule has 0 nitrogen and oxygen atoms in total. The number of rotatable bonds is 3. The molecule has 1 aliphatic rings. The molecular formula is C17H18S2. The van der Waals surface area contributed by atoms with Crippen molar-refractivity contribution in [1.82, 2.24) is 0 Å². The van der Waals surface area contributed by atoms with E-state index in [1.54, 1.807) is 0 Å². The van der Waals surface area contributed by atoms with E-state index in [4.69, 9.17) is 0 Å². The number of thioether (sulfide) groups is 2. The van der Waals surface area contributed by atoms with E-state index in [9.17, 15) is 0 Å². The molecule has 0 bridgehead atoms. The second-order valence-corrected chi connectivity index (χ2v) is 7.56. The van der Waals surface area contributed by atoms with Crippen LogP contribution in [0.3, 0.4) is 0 Å². The van der Waals surface area contributed by atoms with Crippen molar-refractivity contribution < 1.29 is 0 Å². The van der Waals surface area contributed by atoms with E-state index < -0.39 is 0 Å². The average molecular weight is 286 g/mol. The minimum atomic E-state index is 0.652. The summed E-state index contributed by atoms with van der Waals surface area (Å²) in [5, 5.41) is 0. The third-order valence-electron chi connectivity index (χ3n) is 3.33. The molecule has 0 aromatic heterocycles. The van der Waals surface area contributed by atoms with E-state index in [1.165, 1.54) is 34.6 Å². The maximum Gasteiger partial charge on any atom is 0.0751 e. The first kappa shape index (κ1) is 13.1. The summed E-state index contributed by atoms with van der Waals surface area (Å²) in [4.78, 5) is 0. The van der Waals surface area contributed by atoms with E-state index >= 15 is 0 Å². The molecule has 1 heterocycles. The van der Waals surface area contributed by atoms with Gasteiger partial charge in [-0.15, -0.1) is 23.5 Å². The predicted octanol–water partition coefficient (Wildman–Crippen LogP) is 5.15. The fourth-order valence-electron chi connectivity index (χ4n) is 2.30. The van der Waals surface area contributed by atoms with Crippen LogP contribution in [0, 0.1) is 0 Å². The SMILES string of the molecule is c1ccc(Cc2ccc(C3SCCCS3)cc2)cc1. The molecule has 0 saturated carbocycles. The van der Waals surface area contributed by atoms with Crippen LogP contribution in [0.25, 0.3) is 0 Å². The summed E-state index contributed by atoms with van der Waals surface area (Å²) in [5.41, 5.74) is 4.27. The summed E-state index contributed by atoms with van der Waals surface area (Å²) in [5.74, 6) is 2.62. The van der Waals surface area contributed by atoms with Gasteiger partial charge in [-0.1, -0.05) is 54.6 Å². The standard InChI is InChI=1S/C17H18S2/c1-2-5-14(6-3-1)13-15-7-9-16(10-8-15)17-18-11-4-12-19-17/h1-3,5-10,17H,4,11-13H2. The lowest BCUT2D eigenvalue weighted by Gasteiger charge is -2.21. The molecule has 2 heteroatoms. The molecular weight excluding hydrogens is 268 g/mol. The Bertz CT molecular complexity index is 499. The summed E-state index contributed by atoms with van der Waals surface area (Å²) in [7, 11) is 0. The quantitative estimate of drug-likeness (QED) is 0.765. The topological polar surface area (TPSA) is 0 Å². The Balaban J connectivity index is 1.68. The molecule has 0 aliphatic carbocycles. The number of hydrogen-bond acceptors (Lipinski definition) is 2. The highest BCUT2D eigenvalue weighted by Crippen LogP contribution is 2.43. The molecule has 2 aromatic rings. The first-order valence-electron chi connectivity index (χ1n) is 6.78. The van der Waals surface area contributed by atoms with Crippen LogP contribution in [-0.2, 0) is 6.42 Å². The molecule has 0 N–H and O–H groups in total. The summed E-state index contributed by atoms with van der Waals surface area (Å²) in [6.45, 7) is 0. The number of benzene rings is 2. The summed E-state index contributed by atoms with van der Waals surface area (Å²) in [6, 6.07) is 19.9. The first-order chi connectivity index (χ1) is 9.42. The Labute approximate surface area is 124 Å². The normalized spacial score (nSPS) is 16.4. The Morgan fingerprint density at radius 2 is 1.42 bits per heavy atom. The molecule has 0 radical (unpaired) electrons. The third kappa shape index (κ3) is 3.58. The maximum absolute atomic E-state index is 2.31. The average Bonchev–Trinajstić information content (AvgIpc) is 2.50. The van der Waals surface area contributed by atoms with Crippen LogP contribution in [0.15, 0.2) is 54.6 Å². The zero-order valence-corrected chi connectivity index (χ0v) is 12.6. The van der Waals surface area contributed by atoms with Crippen LogP contribution in [0.4, 0.5) is 0 Å². The van der Waals surface area contributed by atoms with Gasteiger partial charge in [0.2, 0.25) is 0 Å². The minimum absolute atomic E-state index is 0.652. The lowest BCUT2D eigenvalue weighted by molar-refractivity contribution is 1.10. The van der Waals surface area contributed by atoms with Gasteiger partial charge in [0.25, 0.3) is 0 Å². The van der Waals surface area contributed by atoms with Crippen molar-refractivity contribution in [3.63, 3.8) is 0 Å². The third-order valence-corrected chi connectivity index (χ3v) is 6.35. The van der Waals surface area contributed by atoms with E-state index in [1.807, 2.05) is 0 Å². The largest absolute Gasteiger partial charge is 0.143 e. The van der Waals surface area contributed by atoms with Crippen molar-refractivity contribution in [2.75, 3.05) is 11.5 Å². The molecule has 1 aliphatic heterocycles. The monoisotopic (exact) mass is 286 g/mol. The fourth-order valence-corrected chi connectivity index (χ4v) is 5.20. The van der Waals surface area contributed by atoms with E-state index in [-0.39, 0.29) is 0 Å². The number of hydrogen-bond donors (Lipinski definition) is 0. The van der Waals surface area contributed by atoms with Gasteiger partial charge in [-0.2, -0.15) is 0 Å². The van der Waals surface area contributed by atoms with Gasteiger partial charge >= 0.3 is 0 Å². The van der Waals surface area contributed by atoms with Crippen LogP contribution in [0.5, 0.6) is 0 Å². The lowest BCUT2D eigenvalue weighted by Crippen LogP contribution is -2.00. The molecule has 0 unspecified atom stereocenters. The van der Waals surface area contributed by atoms with Gasteiger partial charge in [0.05, 0.1) is 4.58 Å². The smallest absolute Gasteiger partial charge is 0.0751 e. The van der Waals surface area contributed by atoms with Crippen molar-refractivity contribution in [3.8, 4) is 0 Å². The van der Waals surface area contributed by atoms with Crippen molar-refractivity contribution in [1.29, 1.82) is 0 Å². The highest BCUT2D eigenvalue weighted by molar-refractivity contribution is 8.16. The molecule has 2 aromatic carbocycles. The van der Waals surface area contributed by atoms with E-state index in [0.717, 1.165) is 6.42 Å². The van der Waals surface area contributed by atoms with Crippen molar-refractivity contribution in [2.24, 2.45) is 0 Å². The van der Waals surface area contributed by atoms with Gasteiger partial charge in [0.15, 0.2) is 0 Å². The summed E-state index contributed by atoms with van der Waals surface area (Å²) < 4.78 is 0.652. The zero-order chi connectivity index (χ0) is 12.9. The van der Waals surface area contributed by atoms with Gasteiger partial charge < -0.3 is 0 Å². The predicted molar refractivity (Wildman–Crippen MR) is 88.0 cm³/mol. The van der Waals surface area contributed by atoms with Gasteiger partial charge in [-0.3, -0.25) is 0 Å². The Morgan fingerprint density at radius 1 is 0.789 bits per heavy atom. The van der Waals surface area contributed by atoms with Crippen molar-refractivity contribution in [2.45, 2.75) is 17.4 Å². The first-order valence-corrected chi connectivity index (χ1v) is 8.87. The highest BCUT2D eigenvalue weighted by Gasteiger charge is 2.16. The molecule has 3 rings (SSSR count). The molecule has 1 fully saturated rings. The highest BCUT2D eigenvalue weighted by atomic mass is 32.2. The van der Waals surface area contributed by atoms with Crippen LogP contribution in [0.1, 0.15) is 27.7 Å². The second kappa shape index (κ2) is 6.53. The second-order valence-electron chi connectivity index (χ2n) is 4.83. The summed E-state index contributed by atoms with van der Waals surface area (Å²) >= 11 is 4.18. The van der Waals surface area contributed by atoms with Crippen molar-refractivity contribution in [3.05, 3.63) is 71.3 Å². The van der Waals surface area contributed by atoms with Crippen LogP contribution in [0.2, 0.25) is 0 Å². The van der Waals surface area contributed by atoms with Gasteiger partial charge in [0.1, 0.15) is 0 Å². The molecule has 19 heavy (non-hydrogen) atoms. The molecule has 0 atom stereocenters. The fraction of sp³-hybridized carbons (Fsp3) is 0.294. The zero-order valence-electron chi connectivity index (χ0n) is 10.9. The minimum Gasteiger partial charge on any atom is -0.143 e. The van der Waals surface area contributed by atoms with Crippen molar-refractivity contribution >= 4 is 23.5 Å². The van der Waals surface area contributed by atoms with Gasteiger partial charge in [-0.05, 0) is 41.0 Å². The maximum atomic E-state index is 2.31. The Kier molecular flexibility index (Phi) is 4.52. The van der Waals surface area contributed by atoms with E-state index in [2.05, 4.69) is 78.1 Å². The van der Waals surface area contributed by atoms with Gasteiger partial charge in [-0.25, -0.2) is 0 Å². The van der Waals surface area contributed by atoms with E-state index in [0.29, 0.717) is 4.58 Å². The Hall–Kier alpha value is -0.860. The van der Waals surface area contributed by atoms with Crippen LogP contribution in [-0.4, -0.2) is 11.5 Å². The molecule has 0 amide bonds. The molecule has 98 valence electrons. The summed E-state index contributed by atoms with van der Waals surface area (Å²) in [6.07, 6.45) is 2.39. The lowest BCUT2D eigenvalue weighted by atomic mass is 10.0. The van der Waals surface area contributed by atoms with Crippen LogP contribution < -0.4 is 0 Å². The Morgan fingerprint density at radius 3 is 2.11 bits per heavy atom. The molecule has 0 spiro atoms.